The molecule has 0 radical (unpaired) electrons. The average Bonchev–Trinajstić information content (AvgIpc) is 2.91. The van der Waals surface area contributed by atoms with Gasteiger partial charge in [0.25, 0.3) is 0 Å². The SMILES string of the molecule is C[C@@H]1CC[C@H](O)[C@H]([C@H]2CCCN2c2ccccn2)C1. The molecule has 2 heterocycles. The van der Waals surface area contributed by atoms with Crippen LogP contribution in [-0.2, 0) is 0 Å². The van der Waals surface area contributed by atoms with Gasteiger partial charge in [0.05, 0.1) is 6.10 Å². The zero-order valence-corrected chi connectivity index (χ0v) is 11.7. The number of aliphatic hydroxyl groups excluding tert-OH is 1. The first-order valence-corrected chi connectivity index (χ1v) is 7.61. The molecule has 1 saturated carbocycles. The topological polar surface area (TPSA) is 36.4 Å². The van der Waals surface area contributed by atoms with Gasteiger partial charge in [-0.15, -0.1) is 0 Å². The van der Waals surface area contributed by atoms with Crippen LogP contribution in [-0.4, -0.2) is 28.8 Å². The standard InChI is InChI=1S/C16H24N2O/c1-12-7-8-15(19)13(11-12)14-5-4-10-18(14)16-6-2-3-9-17-16/h2-3,6,9,12-15,19H,4-5,7-8,10-11H2,1H3/t12-,13+,14-,15+/m1/s1. The molecular formula is C16H24N2O. The maximum atomic E-state index is 10.4. The third-order valence-corrected chi connectivity index (χ3v) is 4.86. The third-order valence-electron chi connectivity index (χ3n) is 4.86. The molecule has 2 aliphatic rings. The number of aliphatic hydroxyl groups is 1. The van der Waals surface area contributed by atoms with E-state index in [1.54, 1.807) is 0 Å². The van der Waals surface area contributed by atoms with Gasteiger partial charge in [0.1, 0.15) is 5.82 Å². The van der Waals surface area contributed by atoms with E-state index in [0.717, 1.165) is 31.1 Å². The summed E-state index contributed by atoms with van der Waals surface area (Å²) in [6.07, 6.45) is 7.47. The number of hydrogen-bond donors (Lipinski definition) is 1. The zero-order chi connectivity index (χ0) is 13.2. The molecule has 1 N–H and O–H groups in total. The van der Waals surface area contributed by atoms with Crippen molar-refractivity contribution in [3.63, 3.8) is 0 Å². The van der Waals surface area contributed by atoms with Gasteiger partial charge in [0.15, 0.2) is 0 Å². The van der Waals surface area contributed by atoms with Crippen molar-refractivity contribution in [3.05, 3.63) is 24.4 Å². The minimum atomic E-state index is -0.120. The summed E-state index contributed by atoms with van der Waals surface area (Å²) < 4.78 is 0. The number of rotatable bonds is 2. The van der Waals surface area contributed by atoms with Gasteiger partial charge < -0.3 is 10.0 Å². The minimum absolute atomic E-state index is 0.120. The van der Waals surface area contributed by atoms with Crippen LogP contribution >= 0.6 is 0 Å². The van der Waals surface area contributed by atoms with E-state index >= 15 is 0 Å². The molecule has 0 amide bonds. The van der Waals surface area contributed by atoms with Gasteiger partial charge in [0, 0.05) is 24.7 Å². The Morgan fingerprint density at radius 3 is 2.95 bits per heavy atom. The lowest BCUT2D eigenvalue weighted by atomic mass is 9.76. The predicted octanol–water partition coefficient (Wildman–Crippen LogP) is 2.85. The summed E-state index contributed by atoms with van der Waals surface area (Å²) in [5.74, 6) is 2.25. The Morgan fingerprint density at radius 2 is 2.16 bits per heavy atom. The van der Waals surface area contributed by atoms with Crippen molar-refractivity contribution >= 4 is 5.82 Å². The molecule has 0 spiro atoms. The molecule has 1 aliphatic carbocycles. The van der Waals surface area contributed by atoms with Gasteiger partial charge in [-0.05, 0) is 50.2 Å². The second kappa shape index (κ2) is 5.49. The van der Waals surface area contributed by atoms with Crippen molar-refractivity contribution in [3.8, 4) is 0 Å². The van der Waals surface area contributed by atoms with Crippen LogP contribution in [0.1, 0.15) is 39.0 Å². The van der Waals surface area contributed by atoms with Crippen LogP contribution in [0.15, 0.2) is 24.4 Å². The fourth-order valence-electron chi connectivity index (χ4n) is 3.87. The second-order valence-electron chi connectivity index (χ2n) is 6.24. The molecule has 1 aromatic rings. The molecule has 0 unspecified atom stereocenters. The summed E-state index contributed by atoms with van der Waals surface area (Å²) in [4.78, 5) is 6.92. The van der Waals surface area contributed by atoms with E-state index in [1.165, 1.54) is 19.3 Å². The van der Waals surface area contributed by atoms with Crippen molar-refractivity contribution in [2.24, 2.45) is 11.8 Å². The van der Waals surface area contributed by atoms with E-state index in [4.69, 9.17) is 0 Å². The highest BCUT2D eigenvalue weighted by atomic mass is 16.3. The molecule has 4 atom stereocenters. The monoisotopic (exact) mass is 260 g/mol. The summed E-state index contributed by atoms with van der Waals surface area (Å²) in [7, 11) is 0. The number of pyridine rings is 1. The number of anilines is 1. The van der Waals surface area contributed by atoms with E-state index in [1.807, 2.05) is 12.3 Å². The first kappa shape index (κ1) is 12.9. The lowest BCUT2D eigenvalue weighted by molar-refractivity contribution is 0.0390. The predicted molar refractivity (Wildman–Crippen MR) is 77.1 cm³/mol. The van der Waals surface area contributed by atoms with Crippen molar-refractivity contribution in [2.45, 2.75) is 51.2 Å². The number of hydrogen-bond acceptors (Lipinski definition) is 3. The molecule has 2 fully saturated rings. The Bertz CT molecular complexity index is 408. The maximum absolute atomic E-state index is 10.4. The van der Waals surface area contributed by atoms with Crippen LogP contribution < -0.4 is 4.90 Å². The van der Waals surface area contributed by atoms with Crippen LogP contribution in [0.25, 0.3) is 0 Å². The van der Waals surface area contributed by atoms with E-state index in [2.05, 4.69) is 28.9 Å². The molecule has 1 saturated heterocycles. The largest absolute Gasteiger partial charge is 0.393 e. The molecular weight excluding hydrogens is 236 g/mol. The summed E-state index contributed by atoms with van der Waals surface area (Å²) in [5, 5.41) is 10.4. The van der Waals surface area contributed by atoms with Crippen molar-refractivity contribution in [1.29, 1.82) is 0 Å². The normalized spacial score (nSPS) is 35.6. The molecule has 1 aromatic heterocycles. The first-order valence-electron chi connectivity index (χ1n) is 7.61. The van der Waals surface area contributed by atoms with Gasteiger partial charge in [0.2, 0.25) is 0 Å². The van der Waals surface area contributed by atoms with Crippen LogP contribution in [0.3, 0.4) is 0 Å². The van der Waals surface area contributed by atoms with Gasteiger partial charge in [-0.25, -0.2) is 4.98 Å². The molecule has 0 aromatic carbocycles. The fraction of sp³-hybridized carbons (Fsp3) is 0.688. The summed E-state index contributed by atoms with van der Waals surface area (Å²) in [5.41, 5.74) is 0. The van der Waals surface area contributed by atoms with Crippen LogP contribution in [0.2, 0.25) is 0 Å². The molecule has 3 heteroatoms. The van der Waals surface area contributed by atoms with Crippen LogP contribution in [0.4, 0.5) is 5.82 Å². The first-order chi connectivity index (χ1) is 9.25. The molecule has 3 nitrogen and oxygen atoms in total. The summed E-state index contributed by atoms with van der Waals surface area (Å²) in [6.45, 7) is 3.40. The summed E-state index contributed by atoms with van der Waals surface area (Å²) >= 11 is 0. The fourth-order valence-corrected chi connectivity index (χ4v) is 3.87. The highest BCUT2D eigenvalue weighted by molar-refractivity contribution is 5.40. The molecule has 104 valence electrons. The van der Waals surface area contributed by atoms with Crippen LogP contribution in [0, 0.1) is 11.8 Å². The Kier molecular flexibility index (Phi) is 3.74. The number of nitrogens with zero attached hydrogens (tertiary/aromatic N) is 2. The Morgan fingerprint density at radius 1 is 1.26 bits per heavy atom. The van der Waals surface area contributed by atoms with E-state index in [9.17, 15) is 5.11 Å². The Hall–Kier alpha value is -1.09. The highest BCUT2D eigenvalue weighted by Gasteiger charge is 2.38. The van der Waals surface area contributed by atoms with Gasteiger partial charge in [-0.2, -0.15) is 0 Å². The van der Waals surface area contributed by atoms with Crippen molar-refractivity contribution < 1.29 is 5.11 Å². The zero-order valence-electron chi connectivity index (χ0n) is 11.7. The Balaban J connectivity index is 1.79. The second-order valence-corrected chi connectivity index (χ2v) is 6.24. The quantitative estimate of drug-likeness (QED) is 0.888. The van der Waals surface area contributed by atoms with E-state index < -0.39 is 0 Å². The lowest BCUT2D eigenvalue weighted by Gasteiger charge is -2.39. The van der Waals surface area contributed by atoms with Crippen molar-refractivity contribution in [1.82, 2.24) is 4.98 Å². The lowest BCUT2D eigenvalue weighted by Crippen LogP contribution is -2.44. The molecule has 3 rings (SSSR count). The maximum Gasteiger partial charge on any atom is 0.128 e. The third kappa shape index (κ3) is 2.62. The van der Waals surface area contributed by atoms with E-state index in [-0.39, 0.29) is 6.10 Å². The summed E-state index contributed by atoms with van der Waals surface area (Å²) in [6, 6.07) is 6.59. The van der Waals surface area contributed by atoms with E-state index in [0.29, 0.717) is 12.0 Å². The van der Waals surface area contributed by atoms with Crippen molar-refractivity contribution in [2.75, 3.05) is 11.4 Å². The molecule has 0 bridgehead atoms. The average molecular weight is 260 g/mol. The van der Waals surface area contributed by atoms with Gasteiger partial charge in [-0.1, -0.05) is 13.0 Å². The van der Waals surface area contributed by atoms with Crippen LogP contribution in [0.5, 0.6) is 0 Å². The molecule has 1 aliphatic heterocycles. The molecule has 19 heavy (non-hydrogen) atoms. The highest BCUT2D eigenvalue weighted by Crippen LogP contribution is 2.38. The minimum Gasteiger partial charge on any atom is -0.393 e. The van der Waals surface area contributed by atoms with Gasteiger partial charge >= 0.3 is 0 Å². The van der Waals surface area contributed by atoms with Gasteiger partial charge in [-0.3, -0.25) is 0 Å². The number of aromatic nitrogens is 1. The Labute approximate surface area is 115 Å². The smallest absolute Gasteiger partial charge is 0.128 e.